The first kappa shape index (κ1) is 13.7. The number of hydrogen-bond acceptors (Lipinski definition) is 4. The molecule has 0 bridgehead atoms. The third-order valence-electron chi connectivity index (χ3n) is 3.52. The van der Waals surface area contributed by atoms with Gasteiger partial charge in [0.2, 0.25) is 0 Å². The fraction of sp³-hybridized carbons (Fsp3) is 0. The molecule has 2 aromatic carbocycles. The Hall–Kier alpha value is -2.99. The van der Waals surface area contributed by atoms with E-state index in [-0.39, 0.29) is 4.88 Å². The first-order chi connectivity index (χ1) is 11.2. The molecule has 0 fully saturated rings. The van der Waals surface area contributed by atoms with Gasteiger partial charge in [0.25, 0.3) is 0 Å². The number of carbonyl (C=O) groups is 1. The molecule has 0 spiro atoms. The number of para-hydroxylation sites is 2. The van der Waals surface area contributed by atoms with Crippen molar-refractivity contribution in [3.8, 4) is 16.4 Å². The van der Waals surface area contributed by atoms with E-state index in [0.29, 0.717) is 10.8 Å². The smallest absolute Gasteiger partial charge is 0.348 e. The number of carboxylic acids is 1. The van der Waals surface area contributed by atoms with Crippen molar-refractivity contribution in [3.63, 3.8) is 0 Å². The molecule has 0 aliphatic carbocycles. The van der Waals surface area contributed by atoms with Gasteiger partial charge in [0, 0.05) is 5.56 Å². The van der Waals surface area contributed by atoms with Crippen molar-refractivity contribution in [1.29, 1.82) is 0 Å². The van der Waals surface area contributed by atoms with E-state index in [1.165, 1.54) is 0 Å². The molecule has 1 N–H and O–H groups in total. The number of nitrogens with zero attached hydrogens (tertiary/aromatic N) is 3. The molecule has 112 valence electrons. The molecule has 0 atom stereocenters. The topological polar surface area (TPSA) is 68.0 Å². The maximum absolute atomic E-state index is 11.6. The second-order valence-electron chi connectivity index (χ2n) is 4.95. The molecule has 0 amide bonds. The van der Waals surface area contributed by atoms with Gasteiger partial charge in [-0.2, -0.15) is 0 Å². The van der Waals surface area contributed by atoms with Crippen LogP contribution in [0.1, 0.15) is 9.67 Å². The minimum atomic E-state index is -0.975. The standard InChI is InChI=1S/C17H11N3O2S/c21-16(22)15-14(11-6-2-1-3-7-11)19-17(23-15)20-10-18-12-8-4-5-9-13(12)20/h1-10H,(H,21,22). The summed E-state index contributed by atoms with van der Waals surface area (Å²) in [7, 11) is 0. The summed E-state index contributed by atoms with van der Waals surface area (Å²) in [5.41, 5.74) is 3.02. The van der Waals surface area contributed by atoms with Gasteiger partial charge in [-0.25, -0.2) is 14.8 Å². The highest BCUT2D eigenvalue weighted by Gasteiger charge is 2.20. The van der Waals surface area contributed by atoms with E-state index in [1.807, 2.05) is 59.2 Å². The Morgan fingerprint density at radius 2 is 1.78 bits per heavy atom. The molecule has 0 aliphatic heterocycles. The molecule has 5 nitrogen and oxygen atoms in total. The lowest BCUT2D eigenvalue weighted by Gasteiger charge is -1.98. The molecule has 0 aliphatic rings. The van der Waals surface area contributed by atoms with Crippen LogP contribution in [-0.2, 0) is 0 Å². The Labute approximate surface area is 135 Å². The number of aromatic carboxylic acids is 1. The van der Waals surface area contributed by atoms with Crippen LogP contribution in [0.4, 0.5) is 0 Å². The molecule has 2 heterocycles. The summed E-state index contributed by atoms with van der Waals surface area (Å²) in [5, 5.41) is 10.1. The molecule has 0 saturated heterocycles. The third kappa shape index (κ3) is 2.29. The van der Waals surface area contributed by atoms with Crippen LogP contribution < -0.4 is 0 Å². The van der Waals surface area contributed by atoms with E-state index in [1.54, 1.807) is 6.33 Å². The molecule has 0 saturated carbocycles. The summed E-state index contributed by atoms with van der Waals surface area (Å²) in [5.74, 6) is -0.975. The number of aromatic nitrogens is 3. The fourth-order valence-corrected chi connectivity index (χ4v) is 3.37. The van der Waals surface area contributed by atoms with Gasteiger partial charge >= 0.3 is 5.97 Å². The van der Waals surface area contributed by atoms with Crippen molar-refractivity contribution in [3.05, 3.63) is 65.8 Å². The largest absolute Gasteiger partial charge is 0.477 e. The van der Waals surface area contributed by atoms with Gasteiger partial charge in [0.15, 0.2) is 5.13 Å². The Morgan fingerprint density at radius 3 is 2.57 bits per heavy atom. The Bertz CT molecular complexity index is 1010. The van der Waals surface area contributed by atoms with E-state index in [4.69, 9.17) is 0 Å². The highest BCUT2D eigenvalue weighted by Crippen LogP contribution is 2.31. The summed E-state index contributed by atoms with van der Waals surface area (Å²) in [6.07, 6.45) is 1.67. The second kappa shape index (κ2) is 5.33. The second-order valence-corrected chi connectivity index (χ2v) is 5.93. The molecule has 4 rings (SSSR count). The predicted octanol–water partition coefficient (Wildman–Crippen LogP) is 3.85. The maximum Gasteiger partial charge on any atom is 0.348 e. The zero-order valence-corrected chi connectivity index (χ0v) is 12.7. The number of rotatable bonds is 3. The maximum atomic E-state index is 11.6. The number of thiazole rings is 1. The van der Waals surface area contributed by atoms with E-state index in [9.17, 15) is 9.90 Å². The predicted molar refractivity (Wildman–Crippen MR) is 89.1 cm³/mol. The van der Waals surface area contributed by atoms with Gasteiger partial charge in [-0.15, -0.1) is 0 Å². The summed E-state index contributed by atoms with van der Waals surface area (Å²) in [6, 6.07) is 17.0. The van der Waals surface area contributed by atoms with Crippen LogP contribution in [0.3, 0.4) is 0 Å². The lowest BCUT2D eigenvalue weighted by atomic mass is 10.1. The van der Waals surface area contributed by atoms with Crippen LogP contribution >= 0.6 is 11.3 Å². The van der Waals surface area contributed by atoms with Crippen LogP contribution in [-0.4, -0.2) is 25.6 Å². The number of benzene rings is 2. The first-order valence-electron chi connectivity index (χ1n) is 6.96. The van der Waals surface area contributed by atoms with Crippen LogP contribution in [0.2, 0.25) is 0 Å². The lowest BCUT2D eigenvalue weighted by Crippen LogP contribution is -1.95. The van der Waals surface area contributed by atoms with Crippen molar-refractivity contribution in [1.82, 2.24) is 14.5 Å². The molecule has 2 aromatic heterocycles. The Kier molecular flexibility index (Phi) is 3.17. The molecule has 23 heavy (non-hydrogen) atoms. The van der Waals surface area contributed by atoms with E-state index < -0.39 is 5.97 Å². The van der Waals surface area contributed by atoms with Crippen molar-refractivity contribution in [2.75, 3.05) is 0 Å². The summed E-state index contributed by atoms with van der Waals surface area (Å²) in [4.78, 5) is 20.7. The van der Waals surface area contributed by atoms with Crippen molar-refractivity contribution >= 4 is 28.3 Å². The number of hydrogen-bond donors (Lipinski definition) is 1. The number of carboxylic acid groups (broad SMARTS) is 1. The zero-order valence-electron chi connectivity index (χ0n) is 11.9. The van der Waals surface area contributed by atoms with E-state index >= 15 is 0 Å². The van der Waals surface area contributed by atoms with Gasteiger partial charge in [-0.05, 0) is 12.1 Å². The summed E-state index contributed by atoms with van der Waals surface area (Å²) >= 11 is 1.15. The lowest BCUT2D eigenvalue weighted by molar-refractivity contribution is 0.0702. The van der Waals surface area contributed by atoms with E-state index in [0.717, 1.165) is 27.9 Å². The number of fused-ring (bicyclic) bond motifs is 1. The van der Waals surface area contributed by atoms with Crippen LogP contribution in [0.5, 0.6) is 0 Å². The van der Waals surface area contributed by atoms with Crippen LogP contribution in [0, 0.1) is 0 Å². The Morgan fingerprint density at radius 1 is 1.04 bits per heavy atom. The normalized spacial score (nSPS) is 11.0. The van der Waals surface area contributed by atoms with Gasteiger partial charge in [0.1, 0.15) is 11.2 Å². The average Bonchev–Trinajstić information content (AvgIpc) is 3.19. The summed E-state index contributed by atoms with van der Waals surface area (Å²) < 4.78 is 1.82. The fourth-order valence-electron chi connectivity index (χ4n) is 2.46. The van der Waals surface area contributed by atoms with Crippen molar-refractivity contribution in [2.45, 2.75) is 0 Å². The minimum absolute atomic E-state index is 0.226. The zero-order chi connectivity index (χ0) is 15.8. The number of imidazole rings is 1. The van der Waals surface area contributed by atoms with Crippen LogP contribution in [0.25, 0.3) is 27.4 Å². The Balaban J connectivity index is 1.93. The molecular weight excluding hydrogens is 310 g/mol. The average molecular weight is 321 g/mol. The highest BCUT2D eigenvalue weighted by atomic mass is 32.1. The monoisotopic (exact) mass is 321 g/mol. The minimum Gasteiger partial charge on any atom is -0.477 e. The molecule has 4 aromatic rings. The van der Waals surface area contributed by atoms with Crippen molar-refractivity contribution in [2.24, 2.45) is 0 Å². The quantitative estimate of drug-likeness (QED) is 0.622. The van der Waals surface area contributed by atoms with Gasteiger partial charge in [0.05, 0.1) is 16.7 Å². The van der Waals surface area contributed by atoms with E-state index in [2.05, 4.69) is 9.97 Å². The molecule has 0 radical (unpaired) electrons. The molecule has 0 unspecified atom stereocenters. The van der Waals surface area contributed by atoms with Crippen molar-refractivity contribution < 1.29 is 9.90 Å². The third-order valence-corrected chi connectivity index (χ3v) is 4.56. The van der Waals surface area contributed by atoms with Gasteiger partial charge in [-0.1, -0.05) is 53.8 Å². The SMILES string of the molecule is O=C(O)c1sc(-n2cnc3ccccc32)nc1-c1ccccc1. The highest BCUT2D eigenvalue weighted by molar-refractivity contribution is 7.16. The molecule has 6 heteroatoms. The summed E-state index contributed by atoms with van der Waals surface area (Å²) in [6.45, 7) is 0. The molecular formula is C17H11N3O2S. The van der Waals surface area contributed by atoms with Gasteiger partial charge < -0.3 is 5.11 Å². The first-order valence-corrected chi connectivity index (χ1v) is 7.77. The van der Waals surface area contributed by atoms with Gasteiger partial charge in [-0.3, -0.25) is 4.57 Å². The van der Waals surface area contributed by atoms with Crippen LogP contribution in [0.15, 0.2) is 60.9 Å².